The van der Waals surface area contributed by atoms with Crippen molar-refractivity contribution in [2.24, 2.45) is 11.0 Å². The van der Waals surface area contributed by atoms with Crippen LogP contribution in [0.3, 0.4) is 0 Å². The maximum atomic E-state index is 12.3. The molecule has 2 aromatic carbocycles. The molecular weight excluding hydrogens is 318 g/mol. The van der Waals surface area contributed by atoms with Crippen molar-refractivity contribution in [2.75, 3.05) is 6.54 Å². The van der Waals surface area contributed by atoms with E-state index in [9.17, 15) is 14.7 Å². The molecule has 0 aliphatic rings. The Morgan fingerprint density at radius 1 is 1.04 bits per heavy atom. The van der Waals surface area contributed by atoms with Crippen LogP contribution < -0.4 is 0 Å². The second kappa shape index (κ2) is 9.25. The smallest absolute Gasteiger partial charge is 0.372 e. The molecule has 0 bridgehead atoms. The zero-order valence-electron chi connectivity index (χ0n) is 13.7. The summed E-state index contributed by atoms with van der Waals surface area (Å²) in [4.78, 5) is 26.3. The summed E-state index contributed by atoms with van der Waals surface area (Å²) in [6, 6.07) is 19.0. The first-order valence-electron chi connectivity index (χ1n) is 8.00. The number of aliphatic carboxylic acids is 1. The van der Waals surface area contributed by atoms with Gasteiger partial charge in [0.1, 0.15) is 0 Å². The predicted octanol–water partition coefficient (Wildman–Crippen LogP) is 3.98. The summed E-state index contributed by atoms with van der Waals surface area (Å²) in [6.07, 6.45) is 0.729. The van der Waals surface area contributed by atoms with Crippen molar-refractivity contribution in [2.45, 2.75) is 18.8 Å². The molecule has 0 aromatic heterocycles. The van der Waals surface area contributed by atoms with E-state index in [4.69, 9.17) is 5.53 Å². The molecule has 0 saturated heterocycles. The Labute approximate surface area is 145 Å². The van der Waals surface area contributed by atoms with Crippen LogP contribution in [0, 0.1) is 5.92 Å². The molecule has 2 unspecified atom stereocenters. The zero-order chi connectivity index (χ0) is 18.1. The number of carbonyl (C=O) groups is 2. The topological polar surface area (TPSA) is 103 Å². The fourth-order valence-electron chi connectivity index (χ4n) is 2.98. The second-order valence-electron chi connectivity index (χ2n) is 5.73. The van der Waals surface area contributed by atoms with Gasteiger partial charge in [-0.25, -0.2) is 4.79 Å². The van der Waals surface area contributed by atoms with E-state index >= 15 is 0 Å². The monoisotopic (exact) mass is 337 g/mol. The molecule has 0 heterocycles. The van der Waals surface area contributed by atoms with Crippen molar-refractivity contribution >= 4 is 11.8 Å². The molecule has 0 fully saturated rings. The molecule has 25 heavy (non-hydrogen) atoms. The van der Waals surface area contributed by atoms with Crippen LogP contribution in [-0.4, -0.2) is 23.4 Å². The summed E-state index contributed by atoms with van der Waals surface area (Å²) in [5.41, 5.74) is 10.4. The Balaban J connectivity index is 2.39. The first kappa shape index (κ1) is 18.2. The Bertz CT molecular complexity index is 756. The minimum absolute atomic E-state index is 0.0817. The molecule has 6 heteroatoms. The van der Waals surface area contributed by atoms with Crippen LogP contribution in [0.25, 0.3) is 10.4 Å². The van der Waals surface area contributed by atoms with Crippen LogP contribution in [0.4, 0.5) is 0 Å². The normalized spacial score (nSPS) is 12.6. The number of hydrogen-bond donors (Lipinski definition) is 1. The molecule has 6 nitrogen and oxygen atoms in total. The first-order chi connectivity index (χ1) is 12.1. The number of rotatable bonds is 9. The summed E-state index contributed by atoms with van der Waals surface area (Å²) in [7, 11) is 0. The number of ketones is 1. The summed E-state index contributed by atoms with van der Waals surface area (Å²) in [5.74, 6) is -3.37. The summed E-state index contributed by atoms with van der Waals surface area (Å²) in [5, 5.41) is 12.7. The minimum Gasteiger partial charge on any atom is -0.475 e. The van der Waals surface area contributed by atoms with Gasteiger partial charge in [0.05, 0.1) is 0 Å². The molecule has 0 amide bonds. The van der Waals surface area contributed by atoms with Crippen LogP contribution in [0.2, 0.25) is 0 Å². The first-order valence-corrected chi connectivity index (χ1v) is 8.00. The lowest BCUT2D eigenvalue weighted by Crippen LogP contribution is -2.30. The van der Waals surface area contributed by atoms with Gasteiger partial charge in [-0.05, 0) is 35.4 Å². The van der Waals surface area contributed by atoms with Gasteiger partial charge in [0.15, 0.2) is 0 Å². The van der Waals surface area contributed by atoms with Gasteiger partial charge >= 0.3 is 5.97 Å². The fraction of sp³-hybridized carbons (Fsp3) is 0.263. The Kier molecular flexibility index (Phi) is 6.75. The number of carboxylic acids is 1. The number of carbonyl (C=O) groups excluding carboxylic acids is 1. The van der Waals surface area contributed by atoms with Crippen molar-refractivity contribution in [3.05, 3.63) is 82.2 Å². The SMILES string of the molecule is [N-]=[N+]=NCCC(C(=O)C(=O)O)C(Cc1ccccc1)c1ccccc1. The van der Waals surface area contributed by atoms with Gasteiger partial charge in [0.25, 0.3) is 0 Å². The Hall–Kier alpha value is -3.11. The zero-order valence-corrected chi connectivity index (χ0v) is 13.7. The maximum Gasteiger partial charge on any atom is 0.372 e. The highest BCUT2D eigenvalue weighted by Crippen LogP contribution is 2.32. The molecule has 2 aromatic rings. The maximum absolute atomic E-state index is 12.3. The van der Waals surface area contributed by atoms with Crippen molar-refractivity contribution in [1.29, 1.82) is 0 Å². The van der Waals surface area contributed by atoms with Crippen LogP contribution in [0.1, 0.15) is 23.5 Å². The Morgan fingerprint density at radius 3 is 2.20 bits per heavy atom. The van der Waals surface area contributed by atoms with Gasteiger partial charge < -0.3 is 5.11 Å². The molecule has 1 N–H and O–H groups in total. The van der Waals surface area contributed by atoms with Gasteiger partial charge in [-0.2, -0.15) is 0 Å². The molecule has 2 rings (SSSR count). The summed E-state index contributed by atoms with van der Waals surface area (Å²) < 4.78 is 0. The van der Waals surface area contributed by atoms with Crippen molar-refractivity contribution in [3.8, 4) is 0 Å². The molecule has 0 saturated carbocycles. The average molecular weight is 337 g/mol. The average Bonchev–Trinajstić information content (AvgIpc) is 2.65. The molecule has 0 radical (unpaired) electrons. The van der Waals surface area contributed by atoms with Gasteiger partial charge in [-0.15, -0.1) is 0 Å². The van der Waals surface area contributed by atoms with Crippen LogP contribution in [0.15, 0.2) is 65.8 Å². The number of carboxylic acid groups (broad SMARTS) is 1. The van der Waals surface area contributed by atoms with Crippen molar-refractivity contribution in [1.82, 2.24) is 0 Å². The molecule has 128 valence electrons. The standard InChI is InChI=1S/C19H19N3O3/c20-22-21-12-11-16(18(23)19(24)25)17(15-9-5-2-6-10-15)13-14-7-3-1-4-8-14/h1-10,16-17H,11-13H2,(H,24,25). The lowest BCUT2D eigenvalue weighted by Gasteiger charge is -2.25. The summed E-state index contributed by atoms with van der Waals surface area (Å²) >= 11 is 0. The van der Waals surface area contributed by atoms with Crippen molar-refractivity contribution < 1.29 is 14.7 Å². The second-order valence-corrected chi connectivity index (χ2v) is 5.73. The van der Waals surface area contributed by atoms with Gasteiger partial charge in [0, 0.05) is 17.4 Å². The molecule has 0 aliphatic heterocycles. The van der Waals surface area contributed by atoms with Crippen LogP contribution >= 0.6 is 0 Å². The highest BCUT2D eigenvalue weighted by atomic mass is 16.4. The van der Waals surface area contributed by atoms with E-state index in [0.29, 0.717) is 6.42 Å². The molecule has 0 spiro atoms. The van der Waals surface area contributed by atoms with E-state index in [1.807, 2.05) is 60.7 Å². The largest absolute Gasteiger partial charge is 0.475 e. The number of benzene rings is 2. The van der Waals surface area contributed by atoms with E-state index in [1.54, 1.807) is 0 Å². The van der Waals surface area contributed by atoms with Gasteiger partial charge in [-0.1, -0.05) is 65.8 Å². The predicted molar refractivity (Wildman–Crippen MR) is 94.1 cm³/mol. The highest BCUT2D eigenvalue weighted by molar-refractivity contribution is 6.33. The summed E-state index contributed by atoms with van der Waals surface area (Å²) in [6.45, 7) is 0.0817. The lowest BCUT2D eigenvalue weighted by atomic mass is 9.77. The van der Waals surface area contributed by atoms with Gasteiger partial charge in [0.2, 0.25) is 5.78 Å². The quantitative estimate of drug-likeness (QED) is 0.324. The fourth-order valence-corrected chi connectivity index (χ4v) is 2.98. The van der Waals surface area contributed by atoms with Crippen LogP contribution in [-0.2, 0) is 16.0 Å². The Morgan fingerprint density at radius 2 is 1.64 bits per heavy atom. The lowest BCUT2D eigenvalue weighted by molar-refractivity contribution is -0.151. The van der Waals surface area contributed by atoms with Gasteiger partial charge in [-0.3, -0.25) is 4.79 Å². The number of nitrogens with zero attached hydrogens (tertiary/aromatic N) is 3. The third kappa shape index (κ3) is 5.19. The number of azide groups is 1. The number of Topliss-reactive ketones (excluding diaryl/α,β-unsaturated/α-hetero) is 1. The molecule has 2 atom stereocenters. The third-order valence-electron chi connectivity index (χ3n) is 4.16. The minimum atomic E-state index is -1.46. The van der Waals surface area contributed by atoms with E-state index in [-0.39, 0.29) is 18.9 Å². The third-order valence-corrected chi connectivity index (χ3v) is 4.16. The van der Waals surface area contributed by atoms with Crippen molar-refractivity contribution in [3.63, 3.8) is 0 Å². The van der Waals surface area contributed by atoms with E-state index < -0.39 is 17.7 Å². The molecule has 0 aliphatic carbocycles. The molecular formula is C19H19N3O3. The number of hydrogen-bond acceptors (Lipinski definition) is 3. The van der Waals surface area contributed by atoms with E-state index in [1.165, 1.54) is 0 Å². The van der Waals surface area contributed by atoms with E-state index in [0.717, 1.165) is 11.1 Å². The highest BCUT2D eigenvalue weighted by Gasteiger charge is 2.33. The van der Waals surface area contributed by atoms with E-state index in [2.05, 4.69) is 10.0 Å². The van der Waals surface area contributed by atoms with Crippen LogP contribution in [0.5, 0.6) is 0 Å².